The maximum absolute atomic E-state index is 12.2. The molecule has 1 heterocycles. The fraction of sp³-hybridized carbons (Fsp3) is 0.333. The minimum absolute atomic E-state index is 0.0474. The first-order chi connectivity index (χ1) is 9.24. The van der Waals surface area contributed by atoms with E-state index >= 15 is 0 Å². The fourth-order valence-corrected chi connectivity index (χ4v) is 2.33. The molecule has 0 spiro atoms. The van der Waals surface area contributed by atoms with E-state index in [2.05, 4.69) is 22.5 Å². The molecule has 4 heteroatoms. The monoisotopic (exact) mass is 255 g/mol. The zero-order valence-corrected chi connectivity index (χ0v) is 10.9. The molecule has 0 bridgehead atoms. The van der Waals surface area contributed by atoms with Crippen molar-refractivity contribution in [2.24, 2.45) is 13.0 Å². The predicted octanol–water partition coefficient (Wildman–Crippen LogP) is 2.30. The van der Waals surface area contributed by atoms with Crippen LogP contribution in [0.3, 0.4) is 0 Å². The Morgan fingerprint density at radius 2 is 2.11 bits per heavy atom. The van der Waals surface area contributed by atoms with Crippen molar-refractivity contribution in [2.75, 3.05) is 0 Å². The maximum atomic E-state index is 12.2. The standard InChI is InChI=1S/C15H17N3O/c1-18-10-13(9-16-18)15(19)17-14(12-7-8-12)11-5-3-2-4-6-11/h2-6,9-10,12,14H,7-8H2,1H3,(H,17,19)/t14-/m0/s1. The molecule has 1 saturated carbocycles. The average molecular weight is 255 g/mol. The number of nitrogens with one attached hydrogen (secondary N) is 1. The Balaban J connectivity index is 1.77. The highest BCUT2D eigenvalue weighted by Gasteiger charge is 2.33. The molecule has 1 aliphatic rings. The van der Waals surface area contributed by atoms with Crippen molar-refractivity contribution >= 4 is 5.91 Å². The van der Waals surface area contributed by atoms with E-state index in [1.807, 2.05) is 25.2 Å². The molecule has 0 unspecified atom stereocenters. The second-order valence-corrected chi connectivity index (χ2v) is 5.10. The van der Waals surface area contributed by atoms with Crippen LogP contribution < -0.4 is 5.32 Å². The quantitative estimate of drug-likeness (QED) is 0.911. The van der Waals surface area contributed by atoms with Crippen LogP contribution >= 0.6 is 0 Å². The van der Waals surface area contributed by atoms with Gasteiger partial charge in [0.05, 0.1) is 17.8 Å². The second kappa shape index (κ2) is 4.88. The number of benzene rings is 1. The van der Waals surface area contributed by atoms with Crippen LogP contribution in [0.1, 0.15) is 34.8 Å². The molecule has 98 valence electrons. The number of aryl methyl sites for hydroxylation is 1. The third-order valence-corrected chi connectivity index (χ3v) is 3.51. The van der Waals surface area contributed by atoms with E-state index in [9.17, 15) is 4.79 Å². The summed E-state index contributed by atoms with van der Waals surface area (Å²) in [6, 6.07) is 10.3. The summed E-state index contributed by atoms with van der Waals surface area (Å²) in [6.07, 6.45) is 5.72. The highest BCUT2D eigenvalue weighted by atomic mass is 16.1. The van der Waals surface area contributed by atoms with Gasteiger partial charge in [-0.05, 0) is 24.3 Å². The lowest BCUT2D eigenvalue weighted by Crippen LogP contribution is -2.29. The van der Waals surface area contributed by atoms with Crippen LogP contribution in [0.15, 0.2) is 42.7 Å². The summed E-state index contributed by atoms with van der Waals surface area (Å²) in [5.41, 5.74) is 1.80. The number of aromatic nitrogens is 2. The van der Waals surface area contributed by atoms with Gasteiger partial charge in [0.15, 0.2) is 0 Å². The maximum Gasteiger partial charge on any atom is 0.254 e. The number of rotatable bonds is 4. The molecule has 1 aromatic heterocycles. The van der Waals surface area contributed by atoms with E-state index in [-0.39, 0.29) is 11.9 Å². The van der Waals surface area contributed by atoms with Crippen molar-refractivity contribution in [1.82, 2.24) is 15.1 Å². The topological polar surface area (TPSA) is 46.9 Å². The summed E-state index contributed by atoms with van der Waals surface area (Å²) < 4.78 is 1.64. The zero-order valence-electron chi connectivity index (χ0n) is 10.9. The SMILES string of the molecule is Cn1cc(C(=O)N[C@@H](c2ccccc2)C2CC2)cn1. The van der Waals surface area contributed by atoms with Gasteiger partial charge in [-0.2, -0.15) is 5.10 Å². The Morgan fingerprint density at radius 3 is 2.68 bits per heavy atom. The van der Waals surface area contributed by atoms with Crippen LogP contribution in [0.4, 0.5) is 0 Å². The number of hydrogen-bond acceptors (Lipinski definition) is 2. The lowest BCUT2D eigenvalue weighted by Gasteiger charge is -2.18. The Morgan fingerprint density at radius 1 is 1.37 bits per heavy atom. The predicted molar refractivity (Wildman–Crippen MR) is 72.6 cm³/mol. The van der Waals surface area contributed by atoms with Gasteiger partial charge in [-0.15, -0.1) is 0 Å². The number of nitrogens with zero attached hydrogens (tertiary/aromatic N) is 2. The van der Waals surface area contributed by atoms with E-state index in [1.165, 1.54) is 18.4 Å². The van der Waals surface area contributed by atoms with Crippen LogP contribution in [0.2, 0.25) is 0 Å². The molecule has 1 fully saturated rings. The minimum Gasteiger partial charge on any atom is -0.345 e. The molecule has 1 amide bonds. The Kier molecular flexibility index (Phi) is 3.07. The number of amides is 1. The number of hydrogen-bond donors (Lipinski definition) is 1. The van der Waals surface area contributed by atoms with Crippen molar-refractivity contribution in [2.45, 2.75) is 18.9 Å². The van der Waals surface area contributed by atoms with Gasteiger partial charge in [0.1, 0.15) is 0 Å². The van der Waals surface area contributed by atoms with E-state index in [1.54, 1.807) is 17.1 Å². The normalized spacial score (nSPS) is 16.1. The third kappa shape index (κ3) is 2.67. The Labute approximate surface area is 112 Å². The first kappa shape index (κ1) is 12.0. The van der Waals surface area contributed by atoms with Crippen LogP contribution in [0.5, 0.6) is 0 Å². The van der Waals surface area contributed by atoms with Gasteiger partial charge < -0.3 is 5.32 Å². The van der Waals surface area contributed by atoms with Gasteiger partial charge in [0.25, 0.3) is 5.91 Å². The molecule has 1 aromatic carbocycles. The number of carbonyl (C=O) groups is 1. The van der Waals surface area contributed by atoms with Gasteiger partial charge in [0.2, 0.25) is 0 Å². The molecule has 1 aliphatic carbocycles. The Bertz CT molecular complexity index is 572. The van der Waals surface area contributed by atoms with Crippen LogP contribution in [0, 0.1) is 5.92 Å². The molecule has 0 radical (unpaired) electrons. The summed E-state index contributed by atoms with van der Waals surface area (Å²) in [4.78, 5) is 12.2. The van der Waals surface area contributed by atoms with Crippen molar-refractivity contribution in [3.05, 3.63) is 53.9 Å². The minimum atomic E-state index is -0.0474. The molecule has 1 N–H and O–H groups in total. The first-order valence-electron chi connectivity index (χ1n) is 6.58. The highest BCUT2D eigenvalue weighted by molar-refractivity contribution is 5.94. The van der Waals surface area contributed by atoms with E-state index in [0.29, 0.717) is 11.5 Å². The zero-order chi connectivity index (χ0) is 13.2. The molecule has 0 aliphatic heterocycles. The number of carbonyl (C=O) groups excluding carboxylic acids is 1. The lowest BCUT2D eigenvalue weighted by molar-refractivity contribution is 0.0931. The molecular weight excluding hydrogens is 238 g/mol. The molecule has 0 saturated heterocycles. The van der Waals surface area contributed by atoms with Gasteiger partial charge in [-0.25, -0.2) is 0 Å². The van der Waals surface area contributed by atoms with Gasteiger partial charge in [0, 0.05) is 13.2 Å². The van der Waals surface area contributed by atoms with Gasteiger partial charge >= 0.3 is 0 Å². The van der Waals surface area contributed by atoms with Crippen molar-refractivity contribution in [1.29, 1.82) is 0 Å². The summed E-state index contributed by atoms with van der Waals surface area (Å²) in [5.74, 6) is 0.525. The van der Waals surface area contributed by atoms with E-state index < -0.39 is 0 Å². The highest BCUT2D eigenvalue weighted by Crippen LogP contribution is 2.41. The first-order valence-corrected chi connectivity index (χ1v) is 6.58. The van der Waals surface area contributed by atoms with E-state index in [4.69, 9.17) is 0 Å². The van der Waals surface area contributed by atoms with Gasteiger partial charge in [-0.3, -0.25) is 9.48 Å². The summed E-state index contributed by atoms with van der Waals surface area (Å²) in [7, 11) is 1.81. The van der Waals surface area contributed by atoms with Crippen LogP contribution in [-0.4, -0.2) is 15.7 Å². The van der Waals surface area contributed by atoms with Crippen LogP contribution in [-0.2, 0) is 7.05 Å². The summed E-state index contributed by atoms with van der Waals surface area (Å²) in [5, 5.41) is 7.17. The van der Waals surface area contributed by atoms with E-state index in [0.717, 1.165) is 0 Å². The van der Waals surface area contributed by atoms with Gasteiger partial charge in [-0.1, -0.05) is 30.3 Å². The smallest absolute Gasteiger partial charge is 0.254 e. The second-order valence-electron chi connectivity index (χ2n) is 5.10. The fourth-order valence-electron chi connectivity index (χ4n) is 2.33. The molecule has 4 nitrogen and oxygen atoms in total. The van der Waals surface area contributed by atoms with Crippen LogP contribution in [0.25, 0.3) is 0 Å². The van der Waals surface area contributed by atoms with Crippen molar-refractivity contribution in [3.63, 3.8) is 0 Å². The third-order valence-electron chi connectivity index (χ3n) is 3.51. The molecule has 2 aromatic rings. The molecular formula is C15H17N3O. The average Bonchev–Trinajstić information content (AvgIpc) is 3.18. The van der Waals surface area contributed by atoms with Crippen molar-refractivity contribution in [3.8, 4) is 0 Å². The summed E-state index contributed by atoms with van der Waals surface area (Å²) >= 11 is 0. The molecule has 1 atom stereocenters. The lowest BCUT2D eigenvalue weighted by atomic mass is 10.0. The molecule has 19 heavy (non-hydrogen) atoms. The summed E-state index contributed by atoms with van der Waals surface area (Å²) in [6.45, 7) is 0. The Hall–Kier alpha value is -2.10. The van der Waals surface area contributed by atoms with Crippen molar-refractivity contribution < 1.29 is 4.79 Å². The largest absolute Gasteiger partial charge is 0.345 e. The molecule has 3 rings (SSSR count).